The summed E-state index contributed by atoms with van der Waals surface area (Å²) in [6.45, 7) is 1.77. The highest BCUT2D eigenvalue weighted by Gasteiger charge is 2.22. The molecule has 0 aliphatic rings. The van der Waals surface area contributed by atoms with Gasteiger partial charge in [-0.1, -0.05) is 24.2 Å². The van der Waals surface area contributed by atoms with E-state index in [-0.39, 0.29) is 17.0 Å². The third kappa shape index (κ3) is 1.91. The quantitative estimate of drug-likeness (QED) is 0.888. The molecule has 1 aromatic heterocycles. The SMILES string of the molecule is CCc1c(C(=O)O)noc1-c1ccccc1F. The highest BCUT2D eigenvalue weighted by Crippen LogP contribution is 2.28. The van der Waals surface area contributed by atoms with Gasteiger partial charge < -0.3 is 9.63 Å². The van der Waals surface area contributed by atoms with Crippen LogP contribution in [0.25, 0.3) is 11.3 Å². The fourth-order valence-electron chi connectivity index (χ4n) is 1.66. The van der Waals surface area contributed by atoms with Crippen molar-refractivity contribution in [1.29, 1.82) is 0 Å². The standard InChI is InChI=1S/C12H10FNO3/c1-2-7-10(12(15)16)14-17-11(7)8-5-3-4-6-9(8)13/h3-6H,2H2,1H3,(H,15,16). The summed E-state index contributed by atoms with van der Waals surface area (Å²) in [6.07, 6.45) is 0.412. The Morgan fingerprint density at radius 3 is 2.76 bits per heavy atom. The number of rotatable bonds is 3. The summed E-state index contributed by atoms with van der Waals surface area (Å²) >= 11 is 0. The van der Waals surface area contributed by atoms with Crippen molar-refractivity contribution in [3.8, 4) is 11.3 Å². The van der Waals surface area contributed by atoms with E-state index in [0.717, 1.165) is 0 Å². The second kappa shape index (κ2) is 4.37. The van der Waals surface area contributed by atoms with Crippen LogP contribution in [-0.4, -0.2) is 16.2 Å². The predicted molar refractivity (Wildman–Crippen MR) is 58.2 cm³/mol. The normalized spacial score (nSPS) is 10.5. The molecule has 0 bridgehead atoms. The van der Waals surface area contributed by atoms with Crippen LogP contribution in [0.15, 0.2) is 28.8 Å². The number of hydrogen-bond donors (Lipinski definition) is 1. The Labute approximate surface area is 96.7 Å². The fourth-order valence-corrected chi connectivity index (χ4v) is 1.66. The highest BCUT2D eigenvalue weighted by atomic mass is 19.1. The molecule has 1 aromatic carbocycles. The van der Waals surface area contributed by atoms with Crippen molar-refractivity contribution in [1.82, 2.24) is 5.16 Å². The Bertz CT molecular complexity index is 563. The summed E-state index contributed by atoms with van der Waals surface area (Å²) in [5.41, 5.74) is 0.470. The molecular formula is C12H10FNO3. The number of halogens is 1. The topological polar surface area (TPSA) is 63.3 Å². The molecule has 0 spiro atoms. The minimum Gasteiger partial charge on any atom is -0.476 e. The first-order valence-electron chi connectivity index (χ1n) is 5.12. The molecule has 0 radical (unpaired) electrons. The number of nitrogens with zero attached hydrogens (tertiary/aromatic N) is 1. The maximum absolute atomic E-state index is 13.6. The molecule has 1 heterocycles. The first-order chi connectivity index (χ1) is 8.15. The molecule has 0 saturated carbocycles. The minimum atomic E-state index is -1.17. The molecule has 0 unspecified atom stereocenters. The molecule has 0 saturated heterocycles. The molecule has 0 fully saturated rings. The van der Waals surface area contributed by atoms with E-state index < -0.39 is 11.8 Å². The summed E-state index contributed by atoms with van der Waals surface area (Å²) in [5.74, 6) is -1.45. The average Bonchev–Trinajstić information content (AvgIpc) is 2.73. The molecule has 2 aromatic rings. The second-order valence-corrected chi connectivity index (χ2v) is 3.48. The van der Waals surface area contributed by atoms with Gasteiger partial charge in [-0.25, -0.2) is 9.18 Å². The van der Waals surface area contributed by atoms with Crippen LogP contribution < -0.4 is 0 Å². The van der Waals surface area contributed by atoms with Gasteiger partial charge in [0.1, 0.15) is 5.82 Å². The maximum Gasteiger partial charge on any atom is 0.358 e. The molecule has 2 rings (SSSR count). The molecule has 88 valence electrons. The summed E-state index contributed by atoms with van der Waals surface area (Å²) in [7, 11) is 0. The second-order valence-electron chi connectivity index (χ2n) is 3.48. The molecule has 0 aliphatic carbocycles. The van der Waals surface area contributed by atoms with Gasteiger partial charge in [-0.05, 0) is 18.6 Å². The number of carboxylic acids is 1. The molecule has 0 atom stereocenters. The zero-order valence-electron chi connectivity index (χ0n) is 9.11. The molecule has 17 heavy (non-hydrogen) atoms. The number of aromatic nitrogens is 1. The largest absolute Gasteiger partial charge is 0.476 e. The van der Waals surface area contributed by atoms with E-state index in [2.05, 4.69) is 5.16 Å². The lowest BCUT2D eigenvalue weighted by atomic mass is 10.0. The molecular weight excluding hydrogens is 225 g/mol. The molecule has 5 heteroatoms. The molecule has 1 N–H and O–H groups in total. The molecule has 0 amide bonds. The number of hydrogen-bond acceptors (Lipinski definition) is 3. The van der Waals surface area contributed by atoms with E-state index >= 15 is 0 Å². The van der Waals surface area contributed by atoms with Gasteiger partial charge in [0.25, 0.3) is 0 Å². The number of aromatic carboxylic acids is 1. The van der Waals surface area contributed by atoms with E-state index in [1.165, 1.54) is 12.1 Å². The lowest BCUT2D eigenvalue weighted by Crippen LogP contribution is -2.01. The number of benzene rings is 1. The average molecular weight is 235 g/mol. The van der Waals surface area contributed by atoms with Gasteiger partial charge in [-0.3, -0.25) is 0 Å². The van der Waals surface area contributed by atoms with Gasteiger partial charge >= 0.3 is 5.97 Å². The van der Waals surface area contributed by atoms with Gasteiger partial charge in [-0.2, -0.15) is 0 Å². The zero-order valence-corrected chi connectivity index (χ0v) is 9.11. The van der Waals surface area contributed by atoms with Gasteiger partial charge in [0, 0.05) is 5.56 Å². The lowest BCUT2D eigenvalue weighted by molar-refractivity contribution is 0.0685. The summed E-state index contributed by atoms with van der Waals surface area (Å²) in [6, 6.07) is 6.03. The van der Waals surface area contributed by atoms with Crippen molar-refractivity contribution in [2.45, 2.75) is 13.3 Å². The van der Waals surface area contributed by atoms with Crippen LogP contribution in [0.4, 0.5) is 4.39 Å². The van der Waals surface area contributed by atoms with Crippen LogP contribution in [0.3, 0.4) is 0 Å². The Morgan fingerprint density at radius 1 is 1.47 bits per heavy atom. The van der Waals surface area contributed by atoms with Crippen LogP contribution in [0, 0.1) is 5.82 Å². The highest BCUT2D eigenvalue weighted by molar-refractivity contribution is 5.89. The summed E-state index contributed by atoms with van der Waals surface area (Å²) in [5, 5.41) is 12.4. The number of carbonyl (C=O) groups is 1. The molecule has 4 nitrogen and oxygen atoms in total. The molecule has 0 aliphatic heterocycles. The third-order valence-corrected chi connectivity index (χ3v) is 2.46. The van der Waals surface area contributed by atoms with Crippen molar-refractivity contribution in [3.05, 3.63) is 41.3 Å². The van der Waals surface area contributed by atoms with Crippen LogP contribution in [0.5, 0.6) is 0 Å². The van der Waals surface area contributed by atoms with E-state index in [0.29, 0.717) is 12.0 Å². The van der Waals surface area contributed by atoms with Crippen LogP contribution >= 0.6 is 0 Å². The van der Waals surface area contributed by atoms with Crippen molar-refractivity contribution < 1.29 is 18.8 Å². The van der Waals surface area contributed by atoms with E-state index in [4.69, 9.17) is 9.63 Å². The summed E-state index contributed by atoms with van der Waals surface area (Å²) in [4.78, 5) is 10.9. The Kier molecular flexibility index (Phi) is 2.91. The van der Waals surface area contributed by atoms with Gasteiger partial charge in [-0.15, -0.1) is 0 Å². The maximum atomic E-state index is 13.6. The zero-order chi connectivity index (χ0) is 12.4. The fraction of sp³-hybridized carbons (Fsp3) is 0.167. The van der Waals surface area contributed by atoms with Crippen LogP contribution in [0.1, 0.15) is 23.0 Å². The Morgan fingerprint density at radius 2 is 2.18 bits per heavy atom. The predicted octanol–water partition coefficient (Wildman–Crippen LogP) is 2.74. The smallest absolute Gasteiger partial charge is 0.358 e. The van der Waals surface area contributed by atoms with Gasteiger partial charge in [0.05, 0.1) is 5.56 Å². The van der Waals surface area contributed by atoms with E-state index in [1.54, 1.807) is 19.1 Å². The van der Waals surface area contributed by atoms with Crippen molar-refractivity contribution in [2.24, 2.45) is 0 Å². The monoisotopic (exact) mass is 235 g/mol. The van der Waals surface area contributed by atoms with Gasteiger partial charge in [0.2, 0.25) is 0 Å². The van der Waals surface area contributed by atoms with Crippen LogP contribution in [0.2, 0.25) is 0 Å². The summed E-state index contributed by atoms with van der Waals surface area (Å²) < 4.78 is 18.5. The minimum absolute atomic E-state index is 0.161. The van der Waals surface area contributed by atoms with Crippen molar-refractivity contribution in [3.63, 3.8) is 0 Å². The first-order valence-corrected chi connectivity index (χ1v) is 5.12. The van der Waals surface area contributed by atoms with E-state index in [1.807, 2.05) is 0 Å². The lowest BCUT2D eigenvalue weighted by Gasteiger charge is -2.00. The first kappa shape index (κ1) is 11.3. The van der Waals surface area contributed by atoms with Crippen LogP contribution in [-0.2, 0) is 6.42 Å². The van der Waals surface area contributed by atoms with Crippen molar-refractivity contribution >= 4 is 5.97 Å². The third-order valence-electron chi connectivity index (χ3n) is 2.46. The van der Waals surface area contributed by atoms with E-state index in [9.17, 15) is 9.18 Å². The van der Waals surface area contributed by atoms with Gasteiger partial charge in [0.15, 0.2) is 11.5 Å². The number of carboxylic acid groups (broad SMARTS) is 1. The Hall–Kier alpha value is -2.17. The Balaban J connectivity index is 2.61. The van der Waals surface area contributed by atoms with Crippen molar-refractivity contribution in [2.75, 3.05) is 0 Å².